The maximum Gasteiger partial charge on any atom is 0.224 e. The molecule has 0 aliphatic carbocycles. The highest BCUT2D eigenvalue weighted by Crippen LogP contribution is 2.29. The smallest absolute Gasteiger partial charge is 0.224 e. The van der Waals surface area contributed by atoms with Crippen molar-refractivity contribution in [3.63, 3.8) is 0 Å². The summed E-state index contributed by atoms with van der Waals surface area (Å²) in [4.78, 5) is 4.30. The number of hydrogen-bond donors (Lipinski definition) is 0. The van der Waals surface area contributed by atoms with Crippen LogP contribution in [0.25, 0.3) is 0 Å². The lowest BCUT2D eigenvalue weighted by molar-refractivity contribution is 0.627. The van der Waals surface area contributed by atoms with E-state index >= 15 is 0 Å². The van der Waals surface area contributed by atoms with Gasteiger partial charge < -0.3 is 0 Å². The van der Waals surface area contributed by atoms with Gasteiger partial charge in [0.25, 0.3) is 0 Å². The summed E-state index contributed by atoms with van der Waals surface area (Å²) in [6.07, 6.45) is 0. The zero-order valence-electron chi connectivity index (χ0n) is 11.6. The summed E-state index contributed by atoms with van der Waals surface area (Å²) in [7, 11) is -2.36. The lowest BCUT2D eigenvalue weighted by Crippen LogP contribution is -2.13. The monoisotopic (exact) mass is 473 g/mol. The van der Waals surface area contributed by atoms with E-state index < -0.39 is 10.3 Å². The summed E-state index contributed by atoms with van der Waals surface area (Å²) in [6.45, 7) is 0. The van der Waals surface area contributed by atoms with Crippen molar-refractivity contribution in [1.82, 2.24) is 0 Å². The lowest BCUT2D eigenvalue weighted by atomic mass is 10.1. The first-order valence-corrected chi connectivity index (χ1v) is 9.41. The van der Waals surface area contributed by atoms with Crippen LogP contribution in [-0.4, -0.2) is 19.0 Å². The first-order valence-electron chi connectivity index (χ1n) is 6.37. The Morgan fingerprint density at radius 1 is 0.870 bits per heavy atom. The Hall–Kier alpha value is -1.21. The van der Waals surface area contributed by atoms with E-state index in [4.69, 9.17) is 11.6 Å². The van der Waals surface area contributed by atoms with Gasteiger partial charge in [-0.1, -0.05) is 60.1 Å². The van der Waals surface area contributed by atoms with Gasteiger partial charge in [0.1, 0.15) is 9.47 Å². The molecular weight excluding hydrogens is 466 g/mol. The van der Waals surface area contributed by atoms with E-state index in [1.807, 2.05) is 36.4 Å². The molecule has 0 unspecified atom stereocenters. The Bertz CT molecular complexity index is 855. The van der Waals surface area contributed by atoms with E-state index in [1.165, 1.54) is 0 Å². The van der Waals surface area contributed by atoms with Crippen molar-refractivity contribution in [2.75, 3.05) is 0 Å². The zero-order chi connectivity index (χ0) is 16.8. The van der Waals surface area contributed by atoms with E-state index in [-0.39, 0.29) is 4.86 Å². The molecular formula is C16H10Br2ClNO2S. The molecule has 0 fully saturated rings. The van der Waals surface area contributed by atoms with Gasteiger partial charge in [0.05, 0.1) is 10.2 Å². The molecule has 0 radical (unpaired) electrons. The first-order chi connectivity index (χ1) is 11.0. The molecule has 1 aliphatic heterocycles. The molecule has 3 rings (SSSR count). The number of hydrogen-bond acceptors (Lipinski definition) is 3. The van der Waals surface area contributed by atoms with Crippen molar-refractivity contribution in [3.8, 4) is 0 Å². The highest BCUT2D eigenvalue weighted by atomic mass is 79.9. The van der Waals surface area contributed by atoms with Crippen molar-refractivity contribution < 1.29 is 8.42 Å². The summed E-state index contributed by atoms with van der Waals surface area (Å²) in [5.41, 5.74) is 1.09. The van der Waals surface area contributed by atoms with E-state index in [0.29, 0.717) is 25.4 Å². The molecule has 0 saturated carbocycles. The van der Waals surface area contributed by atoms with Crippen LogP contribution in [0.1, 0.15) is 5.56 Å². The van der Waals surface area contributed by atoms with Crippen molar-refractivity contribution in [3.05, 3.63) is 80.3 Å². The van der Waals surface area contributed by atoms with Crippen LogP contribution in [0.15, 0.2) is 74.7 Å². The Kier molecular flexibility index (Phi) is 6.77. The van der Waals surface area contributed by atoms with Crippen molar-refractivity contribution in [2.24, 2.45) is 4.99 Å². The van der Waals surface area contributed by atoms with Gasteiger partial charge in [-0.25, -0.2) is 4.99 Å². The highest BCUT2D eigenvalue weighted by molar-refractivity contribution is 9.14. The summed E-state index contributed by atoms with van der Waals surface area (Å²) < 4.78 is 23.2. The largest absolute Gasteiger partial charge is 0.238 e. The SMILES string of the molecule is O=S(=O)=C1C(c2ccc(Cl)cc2)=NC(Br)=C1Br.c1ccccc1. The van der Waals surface area contributed by atoms with Crippen LogP contribution in [0.3, 0.4) is 0 Å². The number of halogens is 3. The average Bonchev–Trinajstić information content (AvgIpc) is 2.86. The first kappa shape index (κ1) is 18.1. The van der Waals surface area contributed by atoms with Gasteiger partial charge in [-0.15, -0.1) is 0 Å². The molecule has 0 saturated heterocycles. The molecule has 0 atom stereocenters. The Morgan fingerprint density at radius 3 is 1.78 bits per heavy atom. The van der Waals surface area contributed by atoms with Gasteiger partial charge in [0.15, 0.2) is 0 Å². The number of allylic oxidation sites excluding steroid dienone is 1. The van der Waals surface area contributed by atoms with Crippen LogP contribution in [0, 0.1) is 0 Å². The second kappa shape index (κ2) is 8.59. The van der Waals surface area contributed by atoms with Crippen LogP contribution in [0.5, 0.6) is 0 Å². The van der Waals surface area contributed by atoms with Crippen molar-refractivity contribution >= 4 is 64.3 Å². The van der Waals surface area contributed by atoms with Crippen LogP contribution in [0.2, 0.25) is 5.02 Å². The molecule has 1 aliphatic rings. The van der Waals surface area contributed by atoms with Crippen LogP contribution < -0.4 is 0 Å². The topological polar surface area (TPSA) is 46.5 Å². The maximum absolute atomic E-state index is 11.2. The minimum absolute atomic E-state index is 0.138. The van der Waals surface area contributed by atoms with Crippen LogP contribution >= 0.6 is 43.5 Å². The summed E-state index contributed by atoms with van der Waals surface area (Å²) in [5.74, 6) is 0. The molecule has 23 heavy (non-hydrogen) atoms. The highest BCUT2D eigenvalue weighted by Gasteiger charge is 2.25. The molecule has 0 aromatic heterocycles. The maximum atomic E-state index is 11.2. The van der Waals surface area contributed by atoms with Gasteiger partial charge in [-0.05, 0) is 44.0 Å². The fraction of sp³-hybridized carbons (Fsp3) is 0. The minimum atomic E-state index is -2.36. The van der Waals surface area contributed by atoms with Gasteiger partial charge in [0.2, 0.25) is 10.3 Å². The second-order valence-corrected chi connectivity index (χ2v) is 7.15. The standard InChI is InChI=1S/C10H4Br2ClNO2S.C6H6/c11-7-9(17(15)16)8(14-10(7)12)5-1-3-6(13)4-2-5;1-2-4-6-5-3-1/h1-4H;1-6H. The van der Waals surface area contributed by atoms with Gasteiger partial charge in [-0.2, -0.15) is 8.42 Å². The fourth-order valence-corrected chi connectivity index (χ4v) is 3.61. The number of benzene rings is 2. The van der Waals surface area contributed by atoms with Crippen molar-refractivity contribution in [1.29, 1.82) is 0 Å². The van der Waals surface area contributed by atoms with Crippen LogP contribution in [0.4, 0.5) is 0 Å². The summed E-state index contributed by atoms with van der Waals surface area (Å²) >= 11 is 12.2. The molecule has 0 N–H and O–H groups in total. The fourth-order valence-electron chi connectivity index (χ4n) is 1.74. The third-order valence-electron chi connectivity index (χ3n) is 2.76. The van der Waals surface area contributed by atoms with Gasteiger partial charge in [-0.3, -0.25) is 0 Å². The Balaban J connectivity index is 0.000000268. The molecule has 0 spiro atoms. The van der Waals surface area contributed by atoms with Crippen molar-refractivity contribution in [2.45, 2.75) is 0 Å². The number of nitrogens with zero attached hydrogens (tertiary/aromatic N) is 1. The quantitative estimate of drug-likeness (QED) is 0.438. The second-order valence-electron chi connectivity index (χ2n) is 4.29. The molecule has 3 nitrogen and oxygen atoms in total. The normalized spacial score (nSPS) is 13.3. The number of rotatable bonds is 1. The molecule has 2 aromatic carbocycles. The molecule has 0 amide bonds. The third kappa shape index (κ3) is 4.88. The molecule has 0 bridgehead atoms. The molecule has 2 aromatic rings. The molecule has 7 heteroatoms. The zero-order valence-corrected chi connectivity index (χ0v) is 16.3. The van der Waals surface area contributed by atoms with Gasteiger partial charge in [0, 0.05) is 10.6 Å². The predicted octanol–water partition coefficient (Wildman–Crippen LogP) is 4.84. The van der Waals surface area contributed by atoms with E-state index in [2.05, 4.69) is 36.9 Å². The number of aliphatic imine (C=N–C) groups is 1. The van der Waals surface area contributed by atoms with E-state index in [0.717, 1.165) is 0 Å². The van der Waals surface area contributed by atoms with Gasteiger partial charge >= 0.3 is 0 Å². The Labute approximate surface area is 157 Å². The summed E-state index contributed by atoms with van der Waals surface area (Å²) in [6, 6.07) is 18.8. The molecule has 118 valence electrons. The minimum Gasteiger partial charge on any atom is -0.238 e. The van der Waals surface area contributed by atoms with E-state index in [9.17, 15) is 8.42 Å². The predicted molar refractivity (Wildman–Crippen MR) is 103 cm³/mol. The summed E-state index contributed by atoms with van der Waals surface area (Å²) in [5, 5.41) is 0.586. The van der Waals surface area contributed by atoms with E-state index in [1.54, 1.807) is 24.3 Å². The Morgan fingerprint density at radius 2 is 1.35 bits per heavy atom. The third-order valence-corrected chi connectivity index (χ3v) is 5.88. The average molecular weight is 476 g/mol. The van der Waals surface area contributed by atoms with Crippen LogP contribution in [-0.2, 0) is 10.3 Å². The lowest BCUT2D eigenvalue weighted by Gasteiger charge is -2.00. The molecule has 1 heterocycles.